The molecule has 1 aliphatic rings. The van der Waals surface area contributed by atoms with E-state index in [4.69, 9.17) is 0 Å². The molecule has 5 heteroatoms. The maximum atomic E-state index is 11.5. The van der Waals surface area contributed by atoms with Crippen molar-refractivity contribution < 1.29 is 5.11 Å². The quantitative estimate of drug-likeness (QED) is 0.737. The van der Waals surface area contributed by atoms with E-state index in [1.54, 1.807) is 6.20 Å². The van der Waals surface area contributed by atoms with Crippen molar-refractivity contribution >= 4 is 0 Å². The van der Waals surface area contributed by atoms with Crippen LogP contribution in [0.4, 0.5) is 0 Å². The maximum absolute atomic E-state index is 11.5. The minimum atomic E-state index is -0.358. The molecule has 0 fully saturated rings. The van der Waals surface area contributed by atoms with Crippen LogP contribution in [0.2, 0.25) is 0 Å². The van der Waals surface area contributed by atoms with Gasteiger partial charge in [0.2, 0.25) is 5.43 Å². The standard InChI is InChI=1S/C12H13N3O2/c1-7-8(2)15-6-5-14-4-3-9(16)11(17)10(14)12(15)13-7/h3-4,17H,5-6H2,1-2H3. The van der Waals surface area contributed by atoms with Gasteiger partial charge in [0.25, 0.3) is 0 Å². The highest BCUT2D eigenvalue weighted by atomic mass is 16.3. The minimum Gasteiger partial charge on any atom is -0.503 e. The lowest BCUT2D eigenvalue weighted by Gasteiger charge is -2.21. The molecule has 17 heavy (non-hydrogen) atoms. The number of pyridine rings is 1. The molecule has 0 spiro atoms. The van der Waals surface area contributed by atoms with Crippen LogP contribution >= 0.6 is 0 Å². The Bertz CT molecular complexity index is 667. The van der Waals surface area contributed by atoms with Gasteiger partial charge in [0.1, 0.15) is 5.69 Å². The molecule has 88 valence electrons. The summed E-state index contributed by atoms with van der Waals surface area (Å²) in [6.45, 7) is 5.49. The Kier molecular flexibility index (Phi) is 1.92. The second-order valence-electron chi connectivity index (χ2n) is 4.33. The van der Waals surface area contributed by atoms with Gasteiger partial charge in [-0.15, -0.1) is 0 Å². The number of imidazole rings is 1. The number of nitrogens with zero attached hydrogens (tertiary/aromatic N) is 3. The molecule has 1 aliphatic heterocycles. The highest BCUT2D eigenvalue weighted by Crippen LogP contribution is 2.30. The first-order chi connectivity index (χ1) is 8.09. The van der Waals surface area contributed by atoms with E-state index >= 15 is 0 Å². The van der Waals surface area contributed by atoms with Crippen LogP contribution in [0.15, 0.2) is 17.1 Å². The lowest BCUT2D eigenvalue weighted by atomic mass is 10.2. The van der Waals surface area contributed by atoms with E-state index in [9.17, 15) is 9.90 Å². The van der Waals surface area contributed by atoms with E-state index in [1.807, 2.05) is 23.0 Å². The summed E-state index contributed by atoms with van der Waals surface area (Å²) in [6.07, 6.45) is 1.71. The number of aromatic nitrogens is 3. The molecule has 0 saturated carbocycles. The van der Waals surface area contributed by atoms with Gasteiger partial charge < -0.3 is 14.2 Å². The molecule has 0 saturated heterocycles. The molecular formula is C12H13N3O2. The fourth-order valence-corrected chi connectivity index (χ4v) is 2.30. The third kappa shape index (κ3) is 1.25. The molecule has 0 radical (unpaired) electrons. The van der Waals surface area contributed by atoms with Gasteiger partial charge in [-0.2, -0.15) is 0 Å². The summed E-state index contributed by atoms with van der Waals surface area (Å²) in [4.78, 5) is 15.9. The van der Waals surface area contributed by atoms with Gasteiger partial charge in [-0.1, -0.05) is 0 Å². The highest BCUT2D eigenvalue weighted by Gasteiger charge is 2.23. The zero-order valence-electron chi connectivity index (χ0n) is 9.77. The molecule has 2 aromatic rings. The number of fused-ring (bicyclic) bond motifs is 3. The van der Waals surface area contributed by atoms with Gasteiger partial charge in [-0.3, -0.25) is 4.79 Å². The Morgan fingerprint density at radius 3 is 2.88 bits per heavy atom. The third-order valence-electron chi connectivity index (χ3n) is 3.38. The topological polar surface area (TPSA) is 60.0 Å². The summed E-state index contributed by atoms with van der Waals surface area (Å²) < 4.78 is 3.92. The smallest absolute Gasteiger partial charge is 0.223 e. The molecule has 0 aromatic carbocycles. The molecule has 2 aromatic heterocycles. The van der Waals surface area contributed by atoms with Crippen molar-refractivity contribution in [3.63, 3.8) is 0 Å². The molecule has 3 rings (SSSR count). The number of hydrogen-bond acceptors (Lipinski definition) is 3. The highest BCUT2D eigenvalue weighted by molar-refractivity contribution is 5.61. The van der Waals surface area contributed by atoms with Crippen LogP contribution in [0, 0.1) is 13.8 Å². The zero-order valence-corrected chi connectivity index (χ0v) is 9.77. The summed E-state index contributed by atoms with van der Waals surface area (Å²) >= 11 is 0. The minimum absolute atomic E-state index is 0.210. The van der Waals surface area contributed by atoms with E-state index in [0.717, 1.165) is 24.5 Å². The number of aromatic hydroxyl groups is 1. The molecule has 5 nitrogen and oxygen atoms in total. The summed E-state index contributed by atoms with van der Waals surface area (Å²) in [5, 5.41) is 9.90. The summed E-state index contributed by atoms with van der Waals surface area (Å²) in [5.74, 6) is 0.472. The Labute approximate surface area is 98.0 Å². The van der Waals surface area contributed by atoms with Crippen molar-refractivity contribution in [3.05, 3.63) is 33.9 Å². The SMILES string of the molecule is Cc1nc2n(c1C)CCn1ccc(=O)c(O)c1-2. The molecule has 1 N–H and O–H groups in total. The van der Waals surface area contributed by atoms with Gasteiger partial charge in [0, 0.05) is 31.0 Å². The molecule has 0 bridgehead atoms. The third-order valence-corrected chi connectivity index (χ3v) is 3.38. The van der Waals surface area contributed by atoms with E-state index in [1.165, 1.54) is 6.07 Å². The van der Waals surface area contributed by atoms with Crippen LogP contribution in [-0.2, 0) is 13.1 Å². The second kappa shape index (κ2) is 3.23. The number of rotatable bonds is 0. The van der Waals surface area contributed by atoms with Crippen molar-refractivity contribution in [1.82, 2.24) is 14.1 Å². The van der Waals surface area contributed by atoms with E-state index in [-0.39, 0.29) is 11.2 Å². The normalized spacial score (nSPS) is 13.3. The van der Waals surface area contributed by atoms with E-state index in [2.05, 4.69) is 4.98 Å². The average Bonchev–Trinajstić information content (AvgIpc) is 2.60. The van der Waals surface area contributed by atoms with Gasteiger partial charge in [-0.25, -0.2) is 4.98 Å². The van der Waals surface area contributed by atoms with Crippen LogP contribution in [0.25, 0.3) is 11.5 Å². The fourth-order valence-electron chi connectivity index (χ4n) is 2.30. The summed E-state index contributed by atoms with van der Waals surface area (Å²) in [5.41, 5.74) is 2.19. The average molecular weight is 231 g/mol. The number of aryl methyl sites for hydroxylation is 2. The van der Waals surface area contributed by atoms with Gasteiger partial charge in [0.15, 0.2) is 11.6 Å². The van der Waals surface area contributed by atoms with Crippen LogP contribution in [-0.4, -0.2) is 19.2 Å². The Morgan fingerprint density at radius 1 is 1.35 bits per heavy atom. The predicted octanol–water partition coefficient (Wildman–Crippen LogP) is 1.05. The largest absolute Gasteiger partial charge is 0.503 e. The second-order valence-corrected chi connectivity index (χ2v) is 4.33. The zero-order chi connectivity index (χ0) is 12.2. The molecular weight excluding hydrogens is 218 g/mol. The Balaban J connectivity index is 2.39. The van der Waals surface area contributed by atoms with E-state index in [0.29, 0.717) is 11.5 Å². The monoisotopic (exact) mass is 231 g/mol. The van der Waals surface area contributed by atoms with Crippen LogP contribution < -0.4 is 5.43 Å². The fraction of sp³-hybridized carbons (Fsp3) is 0.333. The van der Waals surface area contributed by atoms with Gasteiger partial charge >= 0.3 is 0 Å². The maximum Gasteiger partial charge on any atom is 0.223 e. The molecule has 0 aliphatic carbocycles. The van der Waals surface area contributed by atoms with Crippen LogP contribution in [0.1, 0.15) is 11.4 Å². The predicted molar refractivity (Wildman–Crippen MR) is 63.1 cm³/mol. The molecule has 0 atom stereocenters. The summed E-state index contributed by atoms with van der Waals surface area (Å²) in [7, 11) is 0. The van der Waals surface area contributed by atoms with Crippen molar-refractivity contribution in [2.24, 2.45) is 0 Å². The lowest BCUT2D eigenvalue weighted by molar-refractivity contribution is 0.451. The van der Waals surface area contributed by atoms with Crippen molar-refractivity contribution in [2.45, 2.75) is 26.9 Å². The van der Waals surface area contributed by atoms with Crippen LogP contribution in [0.3, 0.4) is 0 Å². The van der Waals surface area contributed by atoms with Crippen LogP contribution in [0.5, 0.6) is 5.75 Å². The van der Waals surface area contributed by atoms with Crippen molar-refractivity contribution in [1.29, 1.82) is 0 Å². The summed E-state index contributed by atoms with van der Waals surface area (Å²) in [6, 6.07) is 1.39. The molecule has 0 unspecified atom stereocenters. The van der Waals surface area contributed by atoms with Gasteiger partial charge in [0.05, 0.1) is 5.69 Å². The van der Waals surface area contributed by atoms with Gasteiger partial charge in [-0.05, 0) is 13.8 Å². The Hall–Kier alpha value is -2.04. The van der Waals surface area contributed by atoms with E-state index < -0.39 is 0 Å². The lowest BCUT2D eigenvalue weighted by Crippen LogP contribution is -2.21. The first-order valence-corrected chi connectivity index (χ1v) is 5.56. The first kappa shape index (κ1) is 10.1. The molecule has 3 heterocycles. The Morgan fingerprint density at radius 2 is 2.12 bits per heavy atom. The number of hydrogen-bond donors (Lipinski definition) is 1. The first-order valence-electron chi connectivity index (χ1n) is 5.56. The molecule has 0 amide bonds. The van der Waals surface area contributed by atoms with Crippen molar-refractivity contribution in [3.8, 4) is 17.3 Å². The van der Waals surface area contributed by atoms with Crippen molar-refractivity contribution in [2.75, 3.05) is 0 Å².